The fourth-order valence-corrected chi connectivity index (χ4v) is 2.22. The van der Waals surface area contributed by atoms with Crippen molar-refractivity contribution in [2.45, 2.75) is 25.4 Å². The van der Waals surface area contributed by atoms with E-state index in [1.807, 2.05) is 24.3 Å². The molecule has 0 amide bonds. The number of anilines is 1. The second-order valence-electron chi connectivity index (χ2n) is 4.28. The number of hydrogen-bond acceptors (Lipinski definition) is 3. The van der Waals surface area contributed by atoms with Crippen molar-refractivity contribution in [1.82, 2.24) is 0 Å². The van der Waals surface area contributed by atoms with E-state index in [0.717, 1.165) is 30.8 Å². The van der Waals surface area contributed by atoms with E-state index >= 15 is 0 Å². The molecule has 0 aliphatic carbocycles. The molecule has 1 unspecified atom stereocenters. The lowest BCUT2D eigenvalue weighted by Crippen LogP contribution is -2.27. The third-order valence-electron chi connectivity index (χ3n) is 2.99. The molecule has 92 valence electrons. The molecule has 1 heterocycles. The first-order valence-corrected chi connectivity index (χ1v) is 6.42. The minimum atomic E-state index is 0.308. The number of rotatable bonds is 4. The lowest BCUT2D eigenvalue weighted by atomic mass is 10.1. The van der Waals surface area contributed by atoms with Crippen LogP contribution in [0.5, 0.6) is 0 Å². The highest BCUT2D eigenvalue weighted by molar-refractivity contribution is 7.80. The molecule has 0 saturated carbocycles. The maximum Gasteiger partial charge on any atom is 0.106 e. The Morgan fingerprint density at radius 1 is 1.41 bits per heavy atom. The molecule has 1 aliphatic rings. The van der Waals surface area contributed by atoms with E-state index in [1.54, 1.807) is 0 Å². The van der Waals surface area contributed by atoms with Gasteiger partial charge in [-0.05, 0) is 31.4 Å². The van der Waals surface area contributed by atoms with E-state index < -0.39 is 0 Å². The summed E-state index contributed by atoms with van der Waals surface area (Å²) in [7, 11) is 0. The van der Waals surface area contributed by atoms with Crippen molar-refractivity contribution in [2.24, 2.45) is 5.73 Å². The first-order chi connectivity index (χ1) is 8.27. The fraction of sp³-hybridized carbons (Fsp3) is 0.462. The Morgan fingerprint density at radius 2 is 2.24 bits per heavy atom. The molecule has 1 atom stereocenters. The maximum absolute atomic E-state index is 5.68. The third kappa shape index (κ3) is 3.41. The normalized spacial score (nSPS) is 19.9. The molecule has 0 radical (unpaired) electrons. The number of hydrogen-bond donors (Lipinski definition) is 2. The Labute approximate surface area is 107 Å². The Balaban J connectivity index is 1.96. The summed E-state index contributed by atoms with van der Waals surface area (Å²) in [6.45, 7) is 1.70. The van der Waals surface area contributed by atoms with Crippen LogP contribution < -0.4 is 11.1 Å². The number of nitrogens with one attached hydrogen (secondary N) is 1. The van der Waals surface area contributed by atoms with Crippen LogP contribution >= 0.6 is 12.2 Å². The number of thiocarbonyl (C=S) groups is 1. The second-order valence-corrected chi connectivity index (χ2v) is 4.72. The molecule has 1 aromatic carbocycles. The van der Waals surface area contributed by atoms with Crippen LogP contribution in [0.15, 0.2) is 24.3 Å². The van der Waals surface area contributed by atoms with E-state index in [-0.39, 0.29) is 0 Å². The van der Waals surface area contributed by atoms with E-state index in [0.29, 0.717) is 11.1 Å². The third-order valence-corrected chi connectivity index (χ3v) is 3.21. The van der Waals surface area contributed by atoms with Crippen LogP contribution in [0.1, 0.15) is 24.8 Å². The molecule has 1 aromatic rings. The maximum atomic E-state index is 5.68. The quantitative estimate of drug-likeness (QED) is 0.805. The molecule has 17 heavy (non-hydrogen) atoms. The molecule has 0 spiro atoms. The molecule has 0 bridgehead atoms. The Bertz CT molecular complexity index is 389. The van der Waals surface area contributed by atoms with Gasteiger partial charge in [0.2, 0.25) is 0 Å². The van der Waals surface area contributed by atoms with Crippen LogP contribution in [0.25, 0.3) is 0 Å². The molecule has 1 fully saturated rings. The standard InChI is InChI=1S/C13H18N2OS/c14-13(17)11-6-1-2-7-12(11)15-9-10-5-3-4-8-16-10/h1-2,6-7,10,15H,3-5,8-9H2,(H2,14,17). The molecular formula is C13H18N2OS. The zero-order valence-corrected chi connectivity index (χ0v) is 10.6. The van der Waals surface area contributed by atoms with Crippen LogP contribution in [-0.4, -0.2) is 24.2 Å². The van der Waals surface area contributed by atoms with Crippen molar-refractivity contribution in [3.63, 3.8) is 0 Å². The van der Waals surface area contributed by atoms with Gasteiger partial charge in [-0.25, -0.2) is 0 Å². The Morgan fingerprint density at radius 3 is 2.94 bits per heavy atom. The zero-order valence-electron chi connectivity index (χ0n) is 9.82. The molecule has 2 rings (SSSR count). The van der Waals surface area contributed by atoms with Gasteiger partial charge in [-0.1, -0.05) is 24.4 Å². The zero-order chi connectivity index (χ0) is 12.1. The van der Waals surface area contributed by atoms with Crippen LogP contribution in [0, 0.1) is 0 Å². The van der Waals surface area contributed by atoms with Crippen LogP contribution in [-0.2, 0) is 4.74 Å². The van der Waals surface area contributed by atoms with Crippen molar-refractivity contribution in [1.29, 1.82) is 0 Å². The summed E-state index contributed by atoms with van der Waals surface area (Å²) in [6.07, 6.45) is 3.87. The molecule has 1 saturated heterocycles. The SMILES string of the molecule is NC(=S)c1ccccc1NCC1CCCCO1. The largest absolute Gasteiger partial charge is 0.389 e. The first-order valence-electron chi connectivity index (χ1n) is 6.01. The Hall–Kier alpha value is -1.13. The van der Waals surface area contributed by atoms with Crippen LogP contribution in [0.4, 0.5) is 5.69 Å². The monoisotopic (exact) mass is 250 g/mol. The molecule has 3 N–H and O–H groups in total. The smallest absolute Gasteiger partial charge is 0.106 e. The highest BCUT2D eigenvalue weighted by Crippen LogP contribution is 2.17. The predicted molar refractivity (Wildman–Crippen MR) is 74.4 cm³/mol. The minimum Gasteiger partial charge on any atom is -0.389 e. The summed E-state index contributed by atoms with van der Waals surface area (Å²) in [4.78, 5) is 0.428. The summed E-state index contributed by atoms with van der Waals surface area (Å²) in [6, 6.07) is 7.85. The van der Waals surface area contributed by atoms with Gasteiger partial charge in [-0.2, -0.15) is 0 Å². The number of benzene rings is 1. The summed E-state index contributed by atoms with van der Waals surface area (Å²) < 4.78 is 5.67. The Kier molecular flexibility index (Phi) is 4.34. The number of nitrogens with two attached hydrogens (primary N) is 1. The highest BCUT2D eigenvalue weighted by Gasteiger charge is 2.14. The van der Waals surface area contributed by atoms with Gasteiger partial charge in [0.15, 0.2) is 0 Å². The fourth-order valence-electron chi connectivity index (χ4n) is 2.04. The summed E-state index contributed by atoms with van der Waals surface area (Å²) in [5, 5.41) is 3.37. The second kappa shape index (κ2) is 5.98. The van der Waals surface area contributed by atoms with E-state index in [1.165, 1.54) is 12.8 Å². The van der Waals surface area contributed by atoms with Crippen molar-refractivity contribution in [3.05, 3.63) is 29.8 Å². The lowest BCUT2D eigenvalue weighted by Gasteiger charge is -2.23. The average molecular weight is 250 g/mol. The predicted octanol–water partition coefficient (Wildman–Crippen LogP) is 2.30. The van der Waals surface area contributed by atoms with Crippen LogP contribution in [0.3, 0.4) is 0 Å². The van der Waals surface area contributed by atoms with Crippen molar-refractivity contribution < 1.29 is 4.74 Å². The summed E-state index contributed by atoms with van der Waals surface area (Å²) in [5.74, 6) is 0. The van der Waals surface area contributed by atoms with Gasteiger partial charge in [0.25, 0.3) is 0 Å². The molecule has 4 heteroatoms. The molecule has 1 aliphatic heterocycles. The summed E-state index contributed by atoms with van der Waals surface area (Å²) in [5.41, 5.74) is 7.58. The van der Waals surface area contributed by atoms with E-state index in [2.05, 4.69) is 5.32 Å². The van der Waals surface area contributed by atoms with Gasteiger partial charge in [0.05, 0.1) is 6.10 Å². The van der Waals surface area contributed by atoms with Gasteiger partial charge in [-0.3, -0.25) is 0 Å². The van der Waals surface area contributed by atoms with Crippen LogP contribution in [0.2, 0.25) is 0 Å². The van der Waals surface area contributed by atoms with Gasteiger partial charge in [0, 0.05) is 24.4 Å². The first kappa shape index (κ1) is 12.3. The molecule has 3 nitrogen and oxygen atoms in total. The number of para-hydroxylation sites is 1. The van der Waals surface area contributed by atoms with Crippen molar-refractivity contribution in [2.75, 3.05) is 18.5 Å². The van der Waals surface area contributed by atoms with Gasteiger partial charge < -0.3 is 15.8 Å². The summed E-state index contributed by atoms with van der Waals surface area (Å²) >= 11 is 5.03. The number of ether oxygens (including phenoxy) is 1. The minimum absolute atomic E-state index is 0.308. The van der Waals surface area contributed by atoms with Gasteiger partial charge in [0.1, 0.15) is 4.99 Å². The van der Waals surface area contributed by atoms with Gasteiger partial charge >= 0.3 is 0 Å². The van der Waals surface area contributed by atoms with Gasteiger partial charge in [-0.15, -0.1) is 0 Å². The lowest BCUT2D eigenvalue weighted by molar-refractivity contribution is 0.0247. The average Bonchev–Trinajstić information content (AvgIpc) is 2.38. The molecule has 0 aromatic heterocycles. The highest BCUT2D eigenvalue weighted by atomic mass is 32.1. The van der Waals surface area contributed by atoms with Crippen molar-refractivity contribution in [3.8, 4) is 0 Å². The van der Waals surface area contributed by atoms with E-state index in [4.69, 9.17) is 22.7 Å². The molecular weight excluding hydrogens is 232 g/mol. The van der Waals surface area contributed by atoms with Crippen molar-refractivity contribution >= 4 is 22.9 Å². The van der Waals surface area contributed by atoms with E-state index in [9.17, 15) is 0 Å². The topological polar surface area (TPSA) is 47.3 Å².